The van der Waals surface area contributed by atoms with Crippen molar-refractivity contribution in [2.24, 2.45) is 35.5 Å². The molecular weight excluding hydrogens is 560 g/mol. The summed E-state index contributed by atoms with van der Waals surface area (Å²) in [5, 5.41) is 8.46. The fourth-order valence-corrected chi connectivity index (χ4v) is 6.88. The number of hydrogen-bond acceptors (Lipinski definition) is 1. The highest BCUT2D eigenvalue weighted by Crippen LogP contribution is 2.24. The summed E-state index contributed by atoms with van der Waals surface area (Å²) in [6.45, 7) is 21.6. The maximum absolute atomic E-state index is 10.3. The van der Waals surface area contributed by atoms with Crippen molar-refractivity contribution in [2.45, 2.75) is 242 Å². The smallest absolute Gasteiger partial charge is 0.303 e. The fourth-order valence-electron chi connectivity index (χ4n) is 6.88. The van der Waals surface area contributed by atoms with Gasteiger partial charge in [0, 0.05) is 6.42 Å². The van der Waals surface area contributed by atoms with Gasteiger partial charge in [0.2, 0.25) is 0 Å². The quantitative estimate of drug-likeness (QED) is 0.0718. The zero-order valence-corrected chi connectivity index (χ0v) is 33.6. The van der Waals surface area contributed by atoms with Gasteiger partial charge in [0.25, 0.3) is 0 Å². The Labute approximate surface area is 292 Å². The van der Waals surface area contributed by atoms with Crippen LogP contribution in [0.25, 0.3) is 0 Å². The van der Waals surface area contributed by atoms with E-state index in [9.17, 15) is 4.79 Å². The van der Waals surface area contributed by atoms with Gasteiger partial charge >= 0.3 is 5.97 Å². The molecule has 0 bridgehead atoms. The van der Waals surface area contributed by atoms with Crippen molar-refractivity contribution in [3.05, 3.63) is 0 Å². The first kappa shape index (κ1) is 47.6. The summed E-state index contributed by atoms with van der Waals surface area (Å²) >= 11 is 0. The summed E-state index contributed by atoms with van der Waals surface area (Å²) in [7, 11) is 0. The number of rotatable bonds is 33. The van der Waals surface area contributed by atoms with Gasteiger partial charge in [0.1, 0.15) is 0 Å². The molecule has 2 nitrogen and oxygen atoms in total. The van der Waals surface area contributed by atoms with Crippen LogP contribution >= 0.6 is 0 Å². The molecule has 0 fully saturated rings. The van der Waals surface area contributed by atoms with E-state index in [1.807, 2.05) is 0 Å². The Morgan fingerprint density at radius 3 is 0.913 bits per heavy atom. The molecule has 0 saturated heterocycles. The minimum atomic E-state index is -0.657. The molecule has 0 heterocycles. The van der Waals surface area contributed by atoms with Crippen molar-refractivity contribution in [3.8, 4) is 0 Å². The van der Waals surface area contributed by atoms with E-state index in [1.54, 1.807) is 0 Å². The van der Waals surface area contributed by atoms with Crippen LogP contribution in [-0.4, -0.2) is 11.1 Å². The number of hydrogen-bond donors (Lipinski definition) is 1. The topological polar surface area (TPSA) is 37.3 Å². The molecule has 4 atom stereocenters. The van der Waals surface area contributed by atoms with Crippen LogP contribution in [0.3, 0.4) is 0 Å². The molecular formula is C44H90O2. The van der Waals surface area contributed by atoms with E-state index in [0.717, 1.165) is 48.3 Å². The van der Waals surface area contributed by atoms with E-state index < -0.39 is 5.97 Å². The molecule has 0 spiro atoms. The lowest BCUT2D eigenvalue weighted by atomic mass is 9.90. The Kier molecular flexibility index (Phi) is 37.0. The van der Waals surface area contributed by atoms with Crippen LogP contribution in [0.2, 0.25) is 0 Å². The normalized spacial score (nSPS) is 14.2. The third-order valence-electron chi connectivity index (χ3n) is 10.4. The number of carboxylic acid groups (broad SMARTS) is 1. The maximum atomic E-state index is 10.3. The van der Waals surface area contributed by atoms with E-state index in [-0.39, 0.29) is 0 Å². The van der Waals surface area contributed by atoms with Crippen molar-refractivity contribution in [1.82, 2.24) is 0 Å². The van der Waals surface area contributed by atoms with Gasteiger partial charge in [-0.05, 0) is 41.9 Å². The summed E-state index contributed by atoms with van der Waals surface area (Å²) in [5.74, 6) is 4.86. The molecule has 0 aromatic carbocycles. The summed E-state index contributed by atoms with van der Waals surface area (Å²) in [6.07, 6.45) is 37.5. The average molecular weight is 651 g/mol. The number of aliphatic carboxylic acids is 1. The molecule has 278 valence electrons. The van der Waals surface area contributed by atoms with E-state index in [2.05, 4.69) is 62.3 Å². The average Bonchev–Trinajstić information content (AvgIpc) is 2.98. The molecule has 0 aromatic rings. The van der Waals surface area contributed by atoms with Crippen LogP contribution in [0.15, 0.2) is 0 Å². The lowest BCUT2D eigenvalue weighted by Gasteiger charge is -2.16. The molecule has 0 aromatic heterocycles. The van der Waals surface area contributed by atoms with Crippen LogP contribution < -0.4 is 0 Å². The van der Waals surface area contributed by atoms with Crippen LogP contribution in [-0.2, 0) is 4.79 Å². The van der Waals surface area contributed by atoms with Gasteiger partial charge in [0.05, 0.1) is 0 Å². The molecule has 4 unspecified atom stereocenters. The largest absolute Gasteiger partial charge is 0.481 e. The zero-order chi connectivity index (χ0) is 34.8. The van der Waals surface area contributed by atoms with Crippen molar-refractivity contribution >= 4 is 5.97 Å². The monoisotopic (exact) mass is 651 g/mol. The summed E-state index contributed by atoms with van der Waals surface area (Å²) in [4.78, 5) is 10.3. The van der Waals surface area contributed by atoms with Crippen LogP contribution in [0.5, 0.6) is 0 Å². The van der Waals surface area contributed by atoms with E-state index >= 15 is 0 Å². The van der Waals surface area contributed by atoms with Gasteiger partial charge in [-0.1, -0.05) is 229 Å². The molecule has 0 amide bonds. The highest BCUT2D eigenvalue weighted by molar-refractivity contribution is 5.66. The fraction of sp³-hybridized carbons (Fsp3) is 0.977. The Morgan fingerprint density at radius 2 is 0.630 bits per heavy atom. The second-order valence-corrected chi connectivity index (χ2v) is 16.9. The van der Waals surface area contributed by atoms with Crippen LogP contribution in [0.4, 0.5) is 0 Å². The van der Waals surface area contributed by atoms with Gasteiger partial charge in [0.15, 0.2) is 0 Å². The SMILES string of the molecule is CC(C)CCCC(C)CCCC(C)CCCCC(C)CCCC(C)CCCC(C)C.CCCCCCCCCCCCCC(=O)O. The molecule has 0 rings (SSSR count). The van der Waals surface area contributed by atoms with Crippen molar-refractivity contribution in [2.75, 3.05) is 0 Å². The lowest BCUT2D eigenvalue weighted by Crippen LogP contribution is -2.01. The highest BCUT2D eigenvalue weighted by atomic mass is 16.4. The third kappa shape index (κ3) is 41.5. The molecule has 2 heteroatoms. The van der Waals surface area contributed by atoms with Gasteiger partial charge in [-0.25, -0.2) is 0 Å². The van der Waals surface area contributed by atoms with Crippen molar-refractivity contribution in [3.63, 3.8) is 0 Å². The molecule has 46 heavy (non-hydrogen) atoms. The van der Waals surface area contributed by atoms with Gasteiger partial charge in [-0.15, -0.1) is 0 Å². The maximum Gasteiger partial charge on any atom is 0.303 e. The Morgan fingerprint density at radius 1 is 0.370 bits per heavy atom. The minimum absolute atomic E-state index is 0.344. The summed E-state index contributed by atoms with van der Waals surface area (Å²) in [5.41, 5.74) is 0. The van der Waals surface area contributed by atoms with Crippen LogP contribution in [0.1, 0.15) is 242 Å². The Balaban J connectivity index is 0. The number of unbranched alkanes of at least 4 members (excludes halogenated alkanes) is 11. The minimum Gasteiger partial charge on any atom is -0.481 e. The van der Waals surface area contributed by atoms with Crippen LogP contribution in [0, 0.1) is 35.5 Å². The first-order valence-electron chi connectivity index (χ1n) is 21.2. The van der Waals surface area contributed by atoms with E-state index in [0.29, 0.717) is 6.42 Å². The first-order chi connectivity index (χ1) is 22.0. The highest BCUT2D eigenvalue weighted by Gasteiger charge is 2.09. The molecule has 0 aliphatic carbocycles. The molecule has 0 saturated carbocycles. The standard InChI is InChI=1S/C30H62.C14H28O2/c1-25(2)15-11-19-29(7)23-13-21-27(5)17-9-10-18-28(6)22-14-24-30(8)20-12-16-26(3)4;1-2-3-4-5-6-7-8-9-10-11-12-13-14(15)16/h25-30H,9-24H2,1-8H3;2-13H2,1H3,(H,15,16). The number of carbonyl (C=O) groups is 1. The van der Waals surface area contributed by atoms with E-state index in [4.69, 9.17) is 5.11 Å². The van der Waals surface area contributed by atoms with Crippen molar-refractivity contribution in [1.29, 1.82) is 0 Å². The predicted molar refractivity (Wildman–Crippen MR) is 209 cm³/mol. The first-order valence-corrected chi connectivity index (χ1v) is 21.2. The second-order valence-electron chi connectivity index (χ2n) is 16.9. The zero-order valence-electron chi connectivity index (χ0n) is 33.6. The molecule has 1 N–H and O–H groups in total. The third-order valence-corrected chi connectivity index (χ3v) is 10.4. The molecule has 0 radical (unpaired) electrons. The van der Waals surface area contributed by atoms with Gasteiger partial charge in [-0.3, -0.25) is 4.79 Å². The van der Waals surface area contributed by atoms with Gasteiger partial charge < -0.3 is 5.11 Å². The van der Waals surface area contributed by atoms with Crippen molar-refractivity contribution < 1.29 is 9.90 Å². The summed E-state index contributed by atoms with van der Waals surface area (Å²) < 4.78 is 0. The Bertz CT molecular complexity index is 563. The second kappa shape index (κ2) is 35.8. The molecule has 0 aliphatic heterocycles. The molecule has 0 aliphatic rings. The Hall–Kier alpha value is -0.530. The lowest BCUT2D eigenvalue weighted by molar-refractivity contribution is -0.137. The van der Waals surface area contributed by atoms with E-state index in [1.165, 1.54) is 161 Å². The number of carboxylic acids is 1. The summed E-state index contributed by atoms with van der Waals surface area (Å²) in [6, 6.07) is 0. The predicted octanol–water partition coefficient (Wildman–Crippen LogP) is 15.9. The van der Waals surface area contributed by atoms with Gasteiger partial charge in [-0.2, -0.15) is 0 Å².